The van der Waals surface area contributed by atoms with E-state index in [1.54, 1.807) is 0 Å². The molecule has 3 aliphatic carbocycles. The number of Topliss-reactive ketones (excluding diaryl/α,β-unsaturated/α-hetero) is 1. The lowest BCUT2D eigenvalue weighted by Crippen LogP contribution is -2.38. The molecule has 1 saturated heterocycles. The van der Waals surface area contributed by atoms with Crippen LogP contribution in [0.25, 0.3) is 0 Å². The fourth-order valence-corrected chi connectivity index (χ4v) is 4.33. The van der Waals surface area contributed by atoms with Crippen LogP contribution in [0.3, 0.4) is 0 Å². The average Bonchev–Trinajstić information content (AvgIpc) is 2.93. The molecule has 1 heterocycles. The first kappa shape index (κ1) is 7.86. The van der Waals surface area contributed by atoms with Gasteiger partial charge >= 0.3 is 0 Å². The van der Waals surface area contributed by atoms with E-state index in [4.69, 9.17) is 4.74 Å². The van der Waals surface area contributed by atoms with Crippen LogP contribution < -0.4 is 0 Å². The topological polar surface area (TPSA) is 29.6 Å². The van der Waals surface area contributed by atoms with Gasteiger partial charge in [-0.3, -0.25) is 4.79 Å². The number of rotatable bonds is 0. The Balaban J connectivity index is 1.78. The minimum atomic E-state index is 0.385. The van der Waals surface area contributed by atoms with Gasteiger partial charge in [-0.15, -0.1) is 0 Å². The van der Waals surface area contributed by atoms with Crippen molar-refractivity contribution in [3.05, 3.63) is 0 Å². The van der Waals surface area contributed by atoms with E-state index in [1.807, 2.05) is 0 Å². The van der Waals surface area contributed by atoms with Gasteiger partial charge < -0.3 is 4.74 Å². The van der Waals surface area contributed by atoms with Crippen LogP contribution >= 0.6 is 0 Å². The molecule has 0 spiro atoms. The Labute approximate surface area is 84.0 Å². The minimum absolute atomic E-state index is 0.385. The van der Waals surface area contributed by atoms with E-state index in [-0.39, 0.29) is 0 Å². The van der Waals surface area contributed by atoms with Gasteiger partial charge in [0.1, 0.15) is 5.78 Å². The highest BCUT2D eigenvalue weighted by Gasteiger charge is 2.65. The predicted octanol–water partition coefficient (Wildman–Crippen LogP) is 1.78. The number of fused-ring (bicyclic) bond motifs is 9. The Hall–Kier alpha value is -0.370. The van der Waals surface area contributed by atoms with Gasteiger partial charge in [0.15, 0.2) is 0 Å². The molecule has 76 valence electrons. The minimum Gasteiger partial charge on any atom is -0.369 e. The van der Waals surface area contributed by atoms with Crippen LogP contribution in [0.4, 0.5) is 0 Å². The number of hydrogen-bond donors (Lipinski definition) is 0. The summed E-state index contributed by atoms with van der Waals surface area (Å²) in [6.45, 7) is 0. The van der Waals surface area contributed by atoms with Crippen LogP contribution in [0.1, 0.15) is 32.1 Å². The molecular formula is C12H16O2. The average molecular weight is 192 g/mol. The number of epoxide rings is 1. The zero-order valence-electron chi connectivity index (χ0n) is 8.32. The molecule has 2 heteroatoms. The lowest BCUT2D eigenvalue weighted by atomic mass is 9.71. The summed E-state index contributed by atoms with van der Waals surface area (Å²) in [5.74, 6) is 2.62. The molecule has 0 radical (unpaired) electrons. The highest BCUT2D eigenvalue weighted by atomic mass is 16.6. The Kier molecular flexibility index (Phi) is 1.35. The monoisotopic (exact) mass is 192 g/mol. The van der Waals surface area contributed by atoms with Gasteiger partial charge in [0, 0.05) is 11.8 Å². The van der Waals surface area contributed by atoms with Gasteiger partial charge in [-0.1, -0.05) is 12.8 Å². The lowest BCUT2D eigenvalue weighted by Gasteiger charge is -2.33. The Morgan fingerprint density at radius 1 is 1.00 bits per heavy atom. The molecule has 0 aromatic heterocycles. The summed E-state index contributed by atoms with van der Waals surface area (Å²) in [4.78, 5) is 12.2. The number of carbonyl (C=O) groups excluding carboxylic acids is 1. The second-order valence-corrected chi connectivity index (χ2v) is 5.53. The Morgan fingerprint density at radius 2 is 1.57 bits per heavy atom. The summed E-state index contributed by atoms with van der Waals surface area (Å²) < 4.78 is 5.71. The first-order valence-corrected chi connectivity index (χ1v) is 6.05. The number of carbonyl (C=O) groups is 1. The van der Waals surface area contributed by atoms with Crippen LogP contribution in [-0.4, -0.2) is 18.0 Å². The maximum absolute atomic E-state index is 12.2. The van der Waals surface area contributed by atoms with Crippen molar-refractivity contribution >= 4 is 5.78 Å². The molecule has 0 aromatic rings. The molecule has 4 fully saturated rings. The SMILES string of the molecule is O=C1C2CCCCC1C1CC2C2OC12. The van der Waals surface area contributed by atoms with E-state index in [1.165, 1.54) is 19.3 Å². The third kappa shape index (κ3) is 0.796. The molecule has 4 aliphatic rings. The summed E-state index contributed by atoms with van der Waals surface area (Å²) in [6.07, 6.45) is 7.14. The first-order valence-electron chi connectivity index (χ1n) is 6.05. The molecule has 0 N–H and O–H groups in total. The maximum Gasteiger partial charge on any atom is 0.139 e. The fourth-order valence-electron chi connectivity index (χ4n) is 4.33. The van der Waals surface area contributed by atoms with Gasteiger partial charge in [0.25, 0.3) is 0 Å². The fraction of sp³-hybridized carbons (Fsp3) is 0.917. The van der Waals surface area contributed by atoms with Gasteiger partial charge in [-0.05, 0) is 31.1 Å². The number of ketones is 1. The molecule has 3 saturated carbocycles. The molecule has 2 nitrogen and oxygen atoms in total. The number of ether oxygens (including phenoxy) is 1. The van der Waals surface area contributed by atoms with Crippen molar-refractivity contribution in [2.45, 2.75) is 44.3 Å². The smallest absolute Gasteiger partial charge is 0.139 e. The van der Waals surface area contributed by atoms with Crippen LogP contribution in [0, 0.1) is 23.7 Å². The molecule has 6 unspecified atom stereocenters. The summed E-state index contributed by atoms with van der Waals surface area (Å²) in [5, 5.41) is 0. The van der Waals surface area contributed by atoms with Crippen molar-refractivity contribution in [2.24, 2.45) is 23.7 Å². The van der Waals surface area contributed by atoms with E-state index in [9.17, 15) is 4.79 Å². The van der Waals surface area contributed by atoms with E-state index in [0.717, 1.165) is 12.8 Å². The molecule has 0 amide bonds. The van der Waals surface area contributed by atoms with Gasteiger partial charge in [-0.25, -0.2) is 0 Å². The highest BCUT2D eigenvalue weighted by molar-refractivity contribution is 5.86. The largest absolute Gasteiger partial charge is 0.369 e. The first-order chi connectivity index (χ1) is 6.86. The molecule has 0 aromatic carbocycles. The maximum atomic E-state index is 12.2. The molecular weight excluding hydrogens is 176 g/mol. The van der Waals surface area contributed by atoms with E-state index in [0.29, 0.717) is 41.7 Å². The highest BCUT2D eigenvalue weighted by Crippen LogP contribution is 2.59. The van der Waals surface area contributed by atoms with Crippen molar-refractivity contribution < 1.29 is 9.53 Å². The van der Waals surface area contributed by atoms with E-state index in [2.05, 4.69) is 0 Å². The van der Waals surface area contributed by atoms with Crippen molar-refractivity contribution in [1.29, 1.82) is 0 Å². The summed E-state index contributed by atoms with van der Waals surface area (Å²) >= 11 is 0. The standard InChI is InChI=1S/C12H16O2/c13-10-6-3-1-2-4-7(10)9-5-8(6)11-12(9)14-11/h6-9,11-12H,1-5H2. The lowest BCUT2D eigenvalue weighted by molar-refractivity contribution is -0.134. The summed E-state index contributed by atoms with van der Waals surface area (Å²) in [6, 6.07) is 0. The van der Waals surface area contributed by atoms with Gasteiger partial charge in [0.2, 0.25) is 0 Å². The predicted molar refractivity (Wildman–Crippen MR) is 50.7 cm³/mol. The molecule has 4 rings (SSSR count). The Bertz CT molecular complexity index is 273. The van der Waals surface area contributed by atoms with Crippen LogP contribution in [0.2, 0.25) is 0 Å². The molecule has 6 atom stereocenters. The van der Waals surface area contributed by atoms with Crippen LogP contribution in [-0.2, 0) is 9.53 Å². The van der Waals surface area contributed by atoms with Gasteiger partial charge in [0.05, 0.1) is 12.2 Å². The summed E-state index contributed by atoms with van der Waals surface area (Å²) in [7, 11) is 0. The quantitative estimate of drug-likeness (QED) is 0.547. The van der Waals surface area contributed by atoms with Gasteiger partial charge in [-0.2, -0.15) is 0 Å². The van der Waals surface area contributed by atoms with Crippen LogP contribution in [0.5, 0.6) is 0 Å². The second kappa shape index (κ2) is 2.41. The summed E-state index contributed by atoms with van der Waals surface area (Å²) in [5.41, 5.74) is 0. The molecule has 14 heavy (non-hydrogen) atoms. The third-order valence-corrected chi connectivity index (χ3v) is 4.99. The van der Waals surface area contributed by atoms with Crippen molar-refractivity contribution in [1.82, 2.24) is 0 Å². The molecule has 1 aliphatic heterocycles. The number of hydrogen-bond acceptors (Lipinski definition) is 2. The second-order valence-electron chi connectivity index (χ2n) is 5.53. The van der Waals surface area contributed by atoms with Crippen molar-refractivity contribution in [3.63, 3.8) is 0 Å². The zero-order chi connectivity index (χ0) is 9.28. The third-order valence-electron chi connectivity index (χ3n) is 4.99. The zero-order valence-corrected chi connectivity index (χ0v) is 8.32. The molecule has 4 bridgehead atoms. The van der Waals surface area contributed by atoms with E-state index < -0.39 is 0 Å². The van der Waals surface area contributed by atoms with Crippen molar-refractivity contribution in [2.75, 3.05) is 0 Å². The van der Waals surface area contributed by atoms with Crippen LogP contribution in [0.15, 0.2) is 0 Å². The normalized spacial score (nSPS) is 59.3. The Morgan fingerprint density at radius 3 is 2.14 bits per heavy atom. The van der Waals surface area contributed by atoms with E-state index >= 15 is 0 Å². The van der Waals surface area contributed by atoms with Crippen molar-refractivity contribution in [3.8, 4) is 0 Å².